The highest BCUT2D eigenvalue weighted by Crippen LogP contribution is 2.19. The molecule has 0 aliphatic heterocycles. The quantitative estimate of drug-likeness (QED) is 0.696. The van der Waals surface area contributed by atoms with Crippen molar-refractivity contribution in [2.75, 3.05) is 20.2 Å². The van der Waals surface area contributed by atoms with E-state index < -0.39 is 0 Å². The first kappa shape index (κ1) is 14.7. The Bertz CT molecular complexity index is 390. The van der Waals surface area contributed by atoms with Gasteiger partial charge < -0.3 is 4.74 Å². The minimum atomic E-state index is 0.113. The van der Waals surface area contributed by atoms with Crippen LogP contribution in [0.15, 0.2) is 24.3 Å². The number of benzene rings is 1. The van der Waals surface area contributed by atoms with E-state index in [-0.39, 0.29) is 5.78 Å². The van der Waals surface area contributed by atoms with Gasteiger partial charge in [0, 0.05) is 6.04 Å². The summed E-state index contributed by atoms with van der Waals surface area (Å²) in [6.07, 6.45) is 1.04. The monoisotopic (exact) mass is 249 g/mol. The van der Waals surface area contributed by atoms with Crippen molar-refractivity contribution in [2.24, 2.45) is 0 Å². The van der Waals surface area contributed by atoms with Crippen LogP contribution in [-0.4, -0.2) is 36.9 Å². The minimum Gasteiger partial charge on any atom is -0.493 e. The summed E-state index contributed by atoms with van der Waals surface area (Å²) < 4.78 is 5.49. The third kappa shape index (κ3) is 3.84. The fourth-order valence-corrected chi connectivity index (χ4v) is 1.76. The molecule has 1 aromatic carbocycles. The number of Topliss-reactive ketones (excluding diaryl/α,β-unsaturated/α-hetero) is 1. The number of ether oxygens (including phenoxy) is 1. The molecular weight excluding hydrogens is 226 g/mol. The Hall–Kier alpha value is -1.35. The van der Waals surface area contributed by atoms with E-state index in [1.54, 1.807) is 0 Å². The van der Waals surface area contributed by atoms with Crippen molar-refractivity contribution < 1.29 is 9.53 Å². The smallest absolute Gasteiger partial charge is 0.180 e. The van der Waals surface area contributed by atoms with Gasteiger partial charge in [-0.2, -0.15) is 0 Å². The second-order valence-corrected chi connectivity index (χ2v) is 4.52. The van der Waals surface area contributed by atoms with Gasteiger partial charge in [-0.1, -0.05) is 19.1 Å². The molecule has 1 atom stereocenters. The first-order chi connectivity index (χ1) is 8.60. The van der Waals surface area contributed by atoms with Gasteiger partial charge in [-0.15, -0.1) is 0 Å². The molecule has 0 spiro atoms. The Balaban J connectivity index is 2.77. The van der Waals surface area contributed by atoms with E-state index in [4.69, 9.17) is 4.74 Å². The maximum absolute atomic E-state index is 12.2. The summed E-state index contributed by atoms with van der Waals surface area (Å²) >= 11 is 0. The number of ketones is 1. The molecule has 1 rings (SSSR count). The fourth-order valence-electron chi connectivity index (χ4n) is 1.76. The van der Waals surface area contributed by atoms with E-state index in [2.05, 4.69) is 18.7 Å². The number of carbonyl (C=O) groups excluding carboxylic acids is 1. The highest BCUT2D eigenvalue weighted by atomic mass is 16.5. The Labute approximate surface area is 110 Å². The molecule has 0 aromatic heterocycles. The maximum Gasteiger partial charge on any atom is 0.180 e. The van der Waals surface area contributed by atoms with Crippen LogP contribution in [0.4, 0.5) is 0 Å². The number of likely N-dealkylation sites (N-methyl/N-ethyl adjacent to an activating group) is 1. The van der Waals surface area contributed by atoms with Crippen LogP contribution in [0.25, 0.3) is 0 Å². The summed E-state index contributed by atoms with van der Waals surface area (Å²) in [5.41, 5.74) is 0.675. The third-order valence-electron chi connectivity index (χ3n) is 3.22. The highest BCUT2D eigenvalue weighted by Gasteiger charge is 2.16. The van der Waals surface area contributed by atoms with Crippen LogP contribution in [0, 0.1) is 0 Å². The topological polar surface area (TPSA) is 29.5 Å². The van der Waals surface area contributed by atoms with Crippen LogP contribution in [-0.2, 0) is 0 Å². The van der Waals surface area contributed by atoms with E-state index in [9.17, 15) is 4.79 Å². The van der Waals surface area contributed by atoms with Crippen LogP contribution < -0.4 is 4.74 Å². The average Bonchev–Trinajstić information content (AvgIpc) is 2.38. The molecule has 0 amide bonds. The lowest BCUT2D eigenvalue weighted by atomic mass is 10.1. The van der Waals surface area contributed by atoms with Gasteiger partial charge in [0.25, 0.3) is 0 Å². The van der Waals surface area contributed by atoms with Crippen molar-refractivity contribution >= 4 is 5.78 Å². The minimum absolute atomic E-state index is 0.113. The van der Waals surface area contributed by atoms with Gasteiger partial charge in [0.2, 0.25) is 0 Å². The maximum atomic E-state index is 12.2. The molecule has 0 bridgehead atoms. The molecule has 18 heavy (non-hydrogen) atoms. The van der Waals surface area contributed by atoms with Gasteiger partial charge >= 0.3 is 0 Å². The lowest BCUT2D eigenvalue weighted by Gasteiger charge is -2.22. The fraction of sp³-hybridized carbons (Fsp3) is 0.533. The first-order valence-electron chi connectivity index (χ1n) is 6.55. The third-order valence-corrected chi connectivity index (χ3v) is 3.22. The number of carbonyl (C=O) groups is 1. The molecule has 0 aliphatic carbocycles. The Morgan fingerprint density at radius 3 is 2.61 bits per heavy atom. The largest absolute Gasteiger partial charge is 0.493 e. The number of hydrogen-bond donors (Lipinski definition) is 0. The lowest BCUT2D eigenvalue weighted by Crippen LogP contribution is -2.33. The zero-order valence-corrected chi connectivity index (χ0v) is 11.8. The Morgan fingerprint density at radius 2 is 2.00 bits per heavy atom. The van der Waals surface area contributed by atoms with Gasteiger partial charge in [-0.25, -0.2) is 0 Å². The zero-order chi connectivity index (χ0) is 13.5. The van der Waals surface area contributed by atoms with Crippen molar-refractivity contribution in [1.29, 1.82) is 0 Å². The molecule has 1 aromatic rings. The molecule has 100 valence electrons. The number of hydrogen-bond acceptors (Lipinski definition) is 3. The molecule has 0 saturated carbocycles. The molecule has 0 fully saturated rings. The second kappa shape index (κ2) is 7.17. The molecule has 0 heterocycles. The molecule has 0 saturated heterocycles. The van der Waals surface area contributed by atoms with Gasteiger partial charge in [0.05, 0.1) is 18.7 Å². The van der Waals surface area contributed by atoms with Crippen molar-refractivity contribution in [1.82, 2.24) is 4.90 Å². The number of nitrogens with zero attached hydrogens (tertiary/aromatic N) is 1. The first-order valence-corrected chi connectivity index (χ1v) is 6.55. The van der Waals surface area contributed by atoms with Crippen LogP contribution in [0.3, 0.4) is 0 Å². The molecular formula is C15H23NO2. The van der Waals surface area contributed by atoms with Gasteiger partial charge in [0.15, 0.2) is 5.78 Å². The molecule has 0 aliphatic rings. The van der Waals surface area contributed by atoms with E-state index in [0.29, 0.717) is 30.5 Å². The molecule has 3 nitrogen and oxygen atoms in total. The molecule has 0 N–H and O–H groups in total. The Morgan fingerprint density at radius 1 is 1.33 bits per heavy atom. The van der Waals surface area contributed by atoms with E-state index in [0.717, 1.165) is 6.42 Å². The van der Waals surface area contributed by atoms with E-state index in [1.165, 1.54) is 0 Å². The molecule has 1 unspecified atom stereocenters. The van der Waals surface area contributed by atoms with Crippen LogP contribution in [0.5, 0.6) is 5.75 Å². The normalized spacial score (nSPS) is 12.5. The van der Waals surface area contributed by atoms with Crippen molar-refractivity contribution in [3.05, 3.63) is 29.8 Å². The Kier molecular flexibility index (Phi) is 5.86. The van der Waals surface area contributed by atoms with Crippen molar-refractivity contribution in [3.63, 3.8) is 0 Å². The summed E-state index contributed by atoms with van der Waals surface area (Å²) in [5.74, 6) is 0.796. The van der Waals surface area contributed by atoms with Crippen LogP contribution in [0.2, 0.25) is 0 Å². The average molecular weight is 249 g/mol. The summed E-state index contributed by atoms with van der Waals surface area (Å²) in [4.78, 5) is 14.3. The summed E-state index contributed by atoms with van der Waals surface area (Å²) in [5, 5.41) is 0. The summed E-state index contributed by atoms with van der Waals surface area (Å²) in [6.45, 7) is 7.18. The second-order valence-electron chi connectivity index (χ2n) is 4.52. The highest BCUT2D eigenvalue weighted by molar-refractivity contribution is 6.00. The zero-order valence-electron chi connectivity index (χ0n) is 11.8. The molecule has 3 heteroatoms. The van der Waals surface area contributed by atoms with Crippen LogP contribution >= 0.6 is 0 Å². The predicted octanol–water partition coefficient (Wildman–Crippen LogP) is 3.00. The van der Waals surface area contributed by atoms with Crippen molar-refractivity contribution in [2.45, 2.75) is 33.2 Å². The van der Waals surface area contributed by atoms with Crippen molar-refractivity contribution in [3.8, 4) is 5.75 Å². The van der Waals surface area contributed by atoms with Gasteiger partial charge in [-0.3, -0.25) is 9.69 Å². The number of rotatable bonds is 7. The summed E-state index contributed by atoms with van der Waals surface area (Å²) in [6, 6.07) is 7.85. The van der Waals surface area contributed by atoms with E-state index >= 15 is 0 Å². The van der Waals surface area contributed by atoms with E-state index in [1.807, 2.05) is 38.2 Å². The summed E-state index contributed by atoms with van der Waals surface area (Å²) in [7, 11) is 1.98. The molecule has 0 radical (unpaired) electrons. The SMILES string of the molecule is CCOc1ccccc1C(=O)CN(C)C(C)CC. The van der Waals surface area contributed by atoms with Crippen LogP contribution in [0.1, 0.15) is 37.6 Å². The van der Waals surface area contributed by atoms with Gasteiger partial charge in [0.1, 0.15) is 5.75 Å². The number of para-hydroxylation sites is 1. The standard InChI is InChI=1S/C15H23NO2/c1-5-12(3)16(4)11-14(17)13-9-7-8-10-15(13)18-6-2/h7-10,12H,5-6,11H2,1-4H3. The predicted molar refractivity (Wildman–Crippen MR) is 74.3 cm³/mol. The lowest BCUT2D eigenvalue weighted by molar-refractivity contribution is 0.0919. The van der Waals surface area contributed by atoms with Gasteiger partial charge in [-0.05, 0) is 39.4 Å².